The number of carbonyl (C=O) groups is 3. The zero-order chi connectivity index (χ0) is 22.8. The average molecular weight is 468 g/mol. The van der Waals surface area contributed by atoms with E-state index >= 15 is 0 Å². The lowest BCUT2D eigenvalue weighted by atomic mass is 9.82. The van der Waals surface area contributed by atoms with E-state index in [-0.39, 0.29) is 52.7 Å². The van der Waals surface area contributed by atoms with Crippen LogP contribution in [-0.4, -0.2) is 40.9 Å². The number of rotatable bonds is 6. The number of phenols is 2. The second-order valence-electron chi connectivity index (χ2n) is 7.54. The van der Waals surface area contributed by atoms with Gasteiger partial charge in [-0.05, 0) is 35.7 Å². The molecule has 0 saturated carbocycles. The molecule has 1 atom stereocenters. The Labute approximate surface area is 196 Å². The van der Waals surface area contributed by atoms with Crippen LogP contribution in [0.3, 0.4) is 0 Å². The standard InChI is InChI=1S/C25H21NO6.ClH/c1-32-25(31)18(11-14-6-3-2-4-7-14)26-13-15-10-17-22(20(28)12-15)24(30)21-16(23(17)29)8-5-9-19(21)27;/h2-10,12,18,26-28H,11,13H2,1H3;1H/t18-;/m0./s1. The summed E-state index contributed by atoms with van der Waals surface area (Å²) in [5.74, 6) is -2.17. The van der Waals surface area contributed by atoms with E-state index in [0.29, 0.717) is 12.0 Å². The fourth-order valence-corrected chi connectivity index (χ4v) is 3.91. The molecule has 0 aliphatic heterocycles. The summed E-state index contributed by atoms with van der Waals surface area (Å²) >= 11 is 0. The van der Waals surface area contributed by atoms with Crippen molar-refractivity contribution >= 4 is 29.9 Å². The minimum Gasteiger partial charge on any atom is -0.507 e. The summed E-state index contributed by atoms with van der Waals surface area (Å²) in [6, 6.07) is 16.0. The first-order chi connectivity index (χ1) is 15.4. The second kappa shape index (κ2) is 9.85. The van der Waals surface area contributed by atoms with Gasteiger partial charge >= 0.3 is 5.97 Å². The molecule has 3 aromatic rings. The van der Waals surface area contributed by atoms with Gasteiger partial charge in [0.15, 0.2) is 5.78 Å². The molecule has 0 amide bonds. The molecule has 0 radical (unpaired) electrons. The average Bonchev–Trinajstić information content (AvgIpc) is 2.79. The molecule has 0 spiro atoms. The van der Waals surface area contributed by atoms with Crippen molar-refractivity contribution in [1.82, 2.24) is 5.32 Å². The van der Waals surface area contributed by atoms with E-state index in [4.69, 9.17) is 4.74 Å². The molecule has 4 rings (SSSR count). The van der Waals surface area contributed by atoms with Crippen molar-refractivity contribution in [3.63, 3.8) is 0 Å². The number of methoxy groups -OCH3 is 1. The Bertz CT molecular complexity index is 1230. The first-order valence-corrected chi connectivity index (χ1v) is 10.0. The molecule has 0 bridgehead atoms. The van der Waals surface area contributed by atoms with Crippen LogP contribution < -0.4 is 5.32 Å². The molecule has 3 N–H and O–H groups in total. The van der Waals surface area contributed by atoms with Gasteiger partial charge in [0.1, 0.15) is 17.5 Å². The fraction of sp³-hybridized carbons (Fsp3) is 0.160. The number of benzene rings is 3. The van der Waals surface area contributed by atoms with Gasteiger partial charge in [-0.1, -0.05) is 42.5 Å². The van der Waals surface area contributed by atoms with E-state index in [2.05, 4.69) is 5.32 Å². The highest BCUT2D eigenvalue weighted by atomic mass is 35.5. The number of ether oxygens (including phenoxy) is 1. The topological polar surface area (TPSA) is 113 Å². The molecular formula is C25H22ClNO6. The van der Waals surface area contributed by atoms with E-state index in [1.54, 1.807) is 0 Å². The molecule has 3 aromatic carbocycles. The molecule has 1 aliphatic carbocycles. The van der Waals surface area contributed by atoms with Crippen molar-refractivity contribution in [2.24, 2.45) is 0 Å². The van der Waals surface area contributed by atoms with Gasteiger partial charge in [0.25, 0.3) is 0 Å². The third-order valence-electron chi connectivity index (χ3n) is 5.48. The normalized spacial score (nSPS) is 12.9. The molecule has 170 valence electrons. The number of ketones is 2. The SMILES string of the molecule is COC(=O)[C@H](Cc1ccccc1)NCc1cc(O)c2c(c1)C(=O)c1cccc(O)c1C2=O.Cl. The maximum Gasteiger partial charge on any atom is 0.323 e. The van der Waals surface area contributed by atoms with E-state index < -0.39 is 23.6 Å². The molecule has 7 nitrogen and oxygen atoms in total. The van der Waals surface area contributed by atoms with E-state index in [1.165, 1.54) is 37.4 Å². The van der Waals surface area contributed by atoms with Gasteiger partial charge in [-0.2, -0.15) is 0 Å². The van der Waals surface area contributed by atoms with Crippen molar-refractivity contribution in [3.05, 3.63) is 94.0 Å². The summed E-state index contributed by atoms with van der Waals surface area (Å²) < 4.78 is 4.90. The number of aromatic hydroxyl groups is 2. The monoisotopic (exact) mass is 467 g/mol. The van der Waals surface area contributed by atoms with Gasteiger partial charge in [-0.25, -0.2) is 0 Å². The Morgan fingerprint density at radius 3 is 2.27 bits per heavy atom. The predicted octanol–water partition coefficient (Wildman–Crippen LogP) is 3.17. The summed E-state index contributed by atoms with van der Waals surface area (Å²) in [6.07, 6.45) is 0.397. The first kappa shape index (κ1) is 24.0. The number of carbonyl (C=O) groups excluding carboxylic acids is 3. The third-order valence-corrected chi connectivity index (χ3v) is 5.48. The maximum absolute atomic E-state index is 13.0. The van der Waals surface area contributed by atoms with Gasteiger partial charge in [0, 0.05) is 17.7 Å². The van der Waals surface area contributed by atoms with Gasteiger partial charge in [0.2, 0.25) is 5.78 Å². The second-order valence-corrected chi connectivity index (χ2v) is 7.54. The minimum absolute atomic E-state index is 0. The molecule has 33 heavy (non-hydrogen) atoms. The quantitative estimate of drug-likeness (QED) is 0.373. The molecule has 0 fully saturated rings. The van der Waals surface area contributed by atoms with Crippen LogP contribution in [0.25, 0.3) is 0 Å². The highest BCUT2D eigenvalue weighted by molar-refractivity contribution is 6.30. The Kier molecular flexibility index (Phi) is 7.16. The molecular weight excluding hydrogens is 446 g/mol. The minimum atomic E-state index is -0.643. The Morgan fingerprint density at radius 1 is 0.879 bits per heavy atom. The van der Waals surface area contributed by atoms with Crippen LogP contribution in [0.5, 0.6) is 11.5 Å². The predicted molar refractivity (Wildman–Crippen MR) is 123 cm³/mol. The van der Waals surface area contributed by atoms with Crippen LogP contribution >= 0.6 is 12.4 Å². The summed E-state index contributed by atoms with van der Waals surface area (Å²) in [4.78, 5) is 38.1. The van der Waals surface area contributed by atoms with E-state index in [0.717, 1.165) is 5.56 Å². The van der Waals surface area contributed by atoms with Crippen LogP contribution in [0.2, 0.25) is 0 Å². The van der Waals surface area contributed by atoms with Crippen molar-refractivity contribution in [3.8, 4) is 11.5 Å². The number of halogens is 1. The lowest BCUT2D eigenvalue weighted by Crippen LogP contribution is -2.39. The van der Waals surface area contributed by atoms with Crippen molar-refractivity contribution < 1.29 is 29.3 Å². The molecule has 0 heterocycles. The molecule has 1 aliphatic rings. The van der Waals surface area contributed by atoms with Crippen molar-refractivity contribution in [2.75, 3.05) is 7.11 Å². The number of phenolic OH excluding ortho intramolecular Hbond substituents is 2. The zero-order valence-electron chi connectivity index (χ0n) is 17.7. The largest absolute Gasteiger partial charge is 0.507 e. The van der Waals surface area contributed by atoms with Gasteiger partial charge in [0.05, 0.1) is 18.2 Å². The van der Waals surface area contributed by atoms with Gasteiger partial charge in [-0.15, -0.1) is 12.4 Å². The smallest absolute Gasteiger partial charge is 0.323 e. The maximum atomic E-state index is 13.0. The number of hydrogen-bond acceptors (Lipinski definition) is 7. The summed E-state index contributed by atoms with van der Waals surface area (Å²) in [6.45, 7) is 0.155. The van der Waals surface area contributed by atoms with Gasteiger partial charge < -0.3 is 20.3 Å². The number of esters is 1. The highest BCUT2D eigenvalue weighted by Crippen LogP contribution is 2.37. The van der Waals surface area contributed by atoms with Crippen molar-refractivity contribution in [1.29, 1.82) is 0 Å². The summed E-state index contributed by atoms with van der Waals surface area (Å²) in [5, 5.41) is 23.7. The number of nitrogens with one attached hydrogen (secondary N) is 1. The summed E-state index contributed by atoms with van der Waals surface area (Å²) in [5.41, 5.74) is 1.36. The van der Waals surface area contributed by atoms with Crippen LogP contribution in [0.1, 0.15) is 43.0 Å². The van der Waals surface area contributed by atoms with Crippen LogP contribution in [0.4, 0.5) is 0 Å². The van der Waals surface area contributed by atoms with Crippen molar-refractivity contribution in [2.45, 2.75) is 19.0 Å². The fourth-order valence-electron chi connectivity index (χ4n) is 3.91. The van der Waals surface area contributed by atoms with Gasteiger partial charge in [-0.3, -0.25) is 14.4 Å². The number of hydrogen-bond donors (Lipinski definition) is 3. The molecule has 0 unspecified atom stereocenters. The molecule has 8 heteroatoms. The Morgan fingerprint density at radius 2 is 1.58 bits per heavy atom. The summed E-state index contributed by atoms with van der Waals surface area (Å²) in [7, 11) is 1.31. The van der Waals surface area contributed by atoms with E-state index in [1.807, 2.05) is 30.3 Å². The molecule has 0 saturated heterocycles. The lowest BCUT2D eigenvalue weighted by Gasteiger charge is -2.21. The first-order valence-electron chi connectivity index (χ1n) is 10.0. The van der Waals surface area contributed by atoms with Crippen LogP contribution in [0, 0.1) is 0 Å². The number of fused-ring (bicyclic) bond motifs is 2. The zero-order valence-corrected chi connectivity index (χ0v) is 18.5. The molecule has 0 aromatic heterocycles. The van der Waals surface area contributed by atoms with E-state index in [9.17, 15) is 24.6 Å². The van der Waals surface area contributed by atoms with Crippen LogP contribution in [0.15, 0.2) is 60.7 Å². The Hall–Kier alpha value is -3.68. The highest BCUT2D eigenvalue weighted by Gasteiger charge is 2.34. The lowest BCUT2D eigenvalue weighted by molar-refractivity contribution is -0.143. The van der Waals surface area contributed by atoms with Crippen LogP contribution in [-0.2, 0) is 22.5 Å². The Balaban J connectivity index is 0.00000306. The third kappa shape index (κ3) is 4.60.